The number of carboxylic acid groups (broad SMARTS) is 1. The maximum atomic E-state index is 13.5. The molecule has 0 aliphatic heterocycles. The van der Waals surface area contributed by atoms with Crippen LogP contribution in [0, 0.1) is 5.82 Å². The second-order valence-electron chi connectivity index (χ2n) is 5.61. The third kappa shape index (κ3) is 4.79. The standard InChI is InChI=1S/C15H12F10O3/c16-9-7-8(11(26)27)3-4-10(9)28-6-2-1-5-12(17,18)13(19,20)14(21,22)15(23,24)25/h3-4,7H,1-2,5-6H2,(H,26,27). The molecule has 1 aromatic carbocycles. The third-order valence-electron chi connectivity index (χ3n) is 3.53. The van der Waals surface area contributed by atoms with Crippen molar-refractivity contribution in [2.75, 3.05) is 6.61 Å². The monoisotopic (exact) mass is 430 g/mol. The number of carbonyl (C=O) groups is 1. The van der Waals surface area contributed by atoms with Crippen LogP contribution in [-0.2, 0) is 0 Å². The van der Waals surface area contributed by atoms with E-state index in [0.29, 0.717) is 6.07 Å². The summed E-state index contributed by atoms with van der Waals surface area (Å²) in [4.78, 5) is 10.6. The number of ether oxygens (including phenoxy) is 1. The van der Waals surface area contributed by atoms with Crippen LogP contribution in [-0.4, -0.2) is 41.6 Å². The van der Waals surface area contributed by atoms with Gasteiger partial charge in [0, 0.05) is 6.42 Å². The Morgan fingerprint density at radius 3 is 1.96 bits per heavy atom. The number of carboxylic acids is 1. The molecule has 13 heteroatoms. The molecule has 0 fully saturated rings. The lowest BCUT2D eigenvalue weighted by molar-refractivity contribution is -0.396. The highest BCUT2D eigenvalue weighted by atomic mass is 19.4. The minimum atomic E-state index is -6.94. The molecule has 3 nitrogen and oxygen atoms in total. The highest BCUT2D eigenvalue weighted by molar-refractivity contribution is 5.87. The minimum Gasteiger partial charge on any atom is -0.491 e. The van der Waals surface area contributed by atoms with Crippen molar-refractivity contribution in [2.45, 2.75) is 43.2 Å². The first-order valence-corrected chi connectivity index (χ1v) is 7.40. The Morgan fingerprint density at radius 2 is 1.50 bits per heavy atom. The number of halogens is 10. The van der Waals surface area contributed by atoms with Gasteiger partial charge >= 0.3 is 29.9 Å². The van der Waals surface area contributed by atoms with Gasteiger partial charge in [-0.2, -0.15) is 39.5 Å². The zero-order chi connectivity index (χ0) is 22.0. The summed E-state index contributed by atoms with van der Waals surface area (Å²) in [5, 5.41) is 8.63. The Labute approximate surface area is 150 Å². The quantitative estimate of drug-likeness (QED) is 0.413. The molecule has 0 aliphatic carbocycles. The number of rotatable bonds is 9. The highest BCUT2D eigenvalue weighted by Gasteiger charge is 2.81. The lowest BCUT2D eigenvalue weighted by atomic mass is 9.99. The van der Waals surface area contributed by atoms with Crippen LogP contribution in [0.25, 0.3) is 0 Å². The van der Waals surface area contributed by atoms with Crippen molar-refractivity contribution in [2.24, 2.45) is 0 Å². The van der Waals surface area contributed by atoms with Gasteiger partial charge in [0.15, 0.2) is 11.6 Å². The molecule has 1 aromatic rings. The average molecular weight is 430 g/mol. The van der Waals surface area contributed by atoms with E-state index in [-0.39, 0.29) is 0 Å². The van der Waals surface area contributed by atoms with Gasteiger partial charge in [-0.05, 0) is 31.0 Å². The Kier molecular flexibility index (Phi) is 6.84. The fourth-order valence-corrected chi connectivity index (χ4v) is 1.95. The zero-order valence-electron chi connectivity index (χ0n) is 13.6. The van der Waals surface area contributed by atoms with Gasteiger partial charge < -0.3 is 9.84 Å². The molecule has 0 saturated heterocycles. The summed E-state index contributed by atoms with van der Waals surface area (Å²) < 4.78 is 132. The van der Waals surface area contributed by atoms with E-state index in [9.17, 15) is 48.7 Å². The van der Waals surface area contributed by atoms with Gasteiger partial charge in [0.1, 0.15) is 0 Å². The van der Waals surface area contributed by atoms with Crippen LogP contribution < -0.4 is 4.74 Å². The van der Waals surface area contributed by atoms with E-state index >= 15 is 0 Å². The second kappa shape index (κ2) is 8.03. The van der Waals surface area contributed by atoms with Gasteiger partial charge in [-0.15, -0.1) is 0 Å². The number of aromatic carboxylic acids is 1. The first-order chi connectivity index (χ1) is 12.5. The van der Waals surface area contributed by atoms with Crippen molar-refractivity contribution in [3.8, 4) is 5.75 Å². The highest BCUT2D eigenvalue weighted by Crippen LogP contribution is 2.54. The van der Waals surface area contributed by atoms with Crippen LogP contribution in [0.3, 0.4) is 0 Å². The first-order valence-electron chi connectivity index (χ1n) is 7.40. The summed E-state index contributed by atoms with van der Waals surface area (Å²) in [6.07, 6.45) is -10.3. The number of unbranched alkanes of at least 4 members (excludes halogenated alkanes) is 1. The van der Waals surface area contributed by atoms with E-state index in [0.717, 1.165) is 12.1 Å². The second-order valence-corrected chi connectivity index (χ2v) is 5.61. The fourth-order valence-electron chi connectivity index (χ4n) is 1.95. The normalized spacial score (nSPS) is 13.5. The Hall–Kier alpha value is -2.21. The maximum absolute atomic E-state index is 13.5. The summed E-state index contributed by atoms with van der Waals surface area (Å²) in [6, 6.07) is 2.44. The van der Waals surface area contributed by atoms with Crippen molar-refractivity contribution < 1.29 is 58.5 Å². The van der Waals surface area contributed by atoms with E-state index in [1.165, 1.54) is 0 Å². The molecular weight excluding hydrogens is 418 g/mol. The number of benzene rings is 1. The van der Waals surface area contributed by atoms with E-state index in [1.807, 2.05) is 0 Å². The first kappa shape index (κ1) is 23.8. The maximum Gasteiger partial charge on any atom is 0.460 e. The van der Waals surface area contributed by atoms with Crippen molar-refractivity contribution in [3.05, 3.63) is 29.6 Å². The van der Waals surface area contributed by atoms with E-state index < -0.39 is 72.9 Å². The van der Waals surface area contributed by atoms with Crippen molar-refractivity contribution in [1.29, 1.82) is 0 Å². The summed E-state index contributed by atoms with van der Waals surface area (Å²) in [6.45, 7) is -0.569. The largest absolute Gasteiger partial charge is 0.491 e. The number of alkyl halides is 9. The molecule has 0 aromatic heterocycles. The van der Waals surface area contributed by atoms with Crippen LogP contribution in [0.2, 0.25) is 0 Å². The Bertz CT molecular complexity index is 700. The molecule has 28 heavy (non-hydrogen) atoms. The van der Waals surface area contributed by atoms with Crippen LogP contribution >= 0.6 is 0 Å². The molecule has 1 rings (SSSR count). The van der Waals surface area contributed by atoms with E-state index in [2.05, 4.69) is 0 Å². The van der Waals surface area contributed by atoms with Gasteiger partial charge in [0.25, 0.3) is 0 Å². The summed E-state index contributed by atoms with van der Waals surface area (Å²) in [5.41, 5.74) is -0.419. The Morgan fingerprint density at radius 1 is 0.929 bits per heavy atom. The smallest absolute Gasteiger partial charge is 0.460 e. The Balaban J connectivity index is 2.62. The van der Waals surface area contributed by atoms with E-state index in [4.69, 9.17) is 9.84 Å². The summed E-state index contributed by atoms with van der Waals surface area (Å²) in [7, 11) is 0. The lowest BCUT2D eigenvalue weighted by Gasteiger charge is -2.33. The molecule has 0 heterocycles. The van der Waals surface area contributed by atoms with Crippen LogP contribution in [0.1, 0.15) is 29.6 Å². The molecular formula is C15H12F10O3. The third-order valence-corrected chi connectivity index (χ3v) is 3.53. The molecule has 0 radical (unpaired) electrons. The fraction of sp³-hybridized carbons (Fsp3) is 0.533. The molecule has 1 N–H and O–H groups in total. The predicted molar refractivity (Wildman–Crippen MR) is 73.6 cm³/mol. The summed E-state index contributed by atoms with van der Waals surface area (Å²) >= 11 is 0. The average Bonchev–Trinajstić information content (AvgIpc) is 2.54. The molecule has 0 atom stereocenters. The van der Waals surface area contributed by atoms with Gasteiger partial charge in [-0.25, -0.2) is 9.18 Å². The SMILES string of the molecule is O=C(O)c1ccc(OCCCCC(F)(F)C(F)(F)C(F)(F)C(F)(F)F)c(F)c1. The van der Waals surface area contributed by atoms with Crippen molar-refractivity contribution >= 4 is 5.97 Å². The van der Waals surface area contributed by atoms with Crippen LogP contribution in [0.15, 0.2) is 18.2 Å². The number of hydrogen-bond donors (Lipinski definition) is 1. The van der Waals surface area contributed by atoms with E-state index in [1.54, 1.807) is 0 Å². The zero-order valence-corrected chi connectivity index (χ0v) is 13.6. The summed E-state index contributed by atoms with van der Waals surface area (Å²) in [5.74, 6) is -22.3. The van der Waals surface area contributed by atoms with Crippen molar-refractivity contribution in [3.63, 3.8) is 0 Å². The molecule has 0 spiro atoms. The molecule has 0 aliphatic rings. The molecule has 0 amide bonds. The van der Waals surface area contributed by atoms with Gasteiger partial charge in [-0.1, -0.05) is 0 Å². The van der Waals surface area contributed by atoms with Gasteiger partial charge in [0.2, 0.25) is 0 Å². The molecule has 0 unspecified atom stereocenters. The molecule has 0 bridgehead atoms. The predicted octanol–water partition coefficient (Wildman–Crippen LogP) is 5.54. The number of hydrogen-bond acceptors (Lipinski definition) is 2. The van der Waals surface area contributed by atoms with Crippen molar-refractivity contribution in [1.82, 2.24) is 0 Å². The lowest BCUT2D eigenvalue weighted by Crippen LogP contribution is -2.60. The van der Waals surface area contributed by atoms with Crippen LogP contribution in [0.4, 0.5) is 43.9 Å². The van der Waals surface area contributed by atoms with Gasteiger partial charge in [0.05, 0.1) is 12.2 Å². The molecule has 0 saturated carbocycles. The van der Waals surface area contributed by atoms with Crippen LogP contribution in [0.5, 0.6) is 5.75 Å². The van der Waals surface area contributed by atoms with Gasteiger partial charge in [-0.3, -0.25) is 0 Å². The topological polar surface area (TPSA) is 46.5 Å². The molecule has 160 valence electrons. The minimum absolute atomic E-state index is 0.419.